The Kier molecular flexibility index (Phi) is 4.44. The van der Waals surface area contributed by atoms with Crippen LogP contribution in [0.4, 0.5) is 0 Å². The minimum Gasteiger partial charge on any atom is -0.396 e. The van der Waals surface area contributed by atoms with Crippen molar-refractivity contribution in [2.45, 2.75) is 26.7 Å². The van der Waals surface area contributed by atoms with Gasteiger partial charge in [-0.2, -0.15) is 5.26 Å². The molecule has 2 rings (SSSR count). The molecule has 1 aromatic carbocycles. The highest BCUT2D eigenvalue weighted by atomic mass is 16.2. The minimum atomic E-state index is 0.116. The molecule has 0 aliphatic heterocycles. The smallest absolute Gasteiger partial charge is 0.232 e. The molecule has 0 atom stereocenters. The van der Waals surface area contributed by atoms with Gasteiger partial charge in [-0.3, -0.25) is 0 Å². The average Bonchev–Trinajstić information content (AvgIpc) is 2.47. The van der Waals surface area contributed by atoms with Gasteiger partial charge in [0.1, 0.15) is 6.07 Å². The molecule has 0 fully saturated rings. The van der Waals surface area contributed by atoms with Crippen molar-refractivity contribution in [1.82, 2.24) is 9.97 Å². The second-order valence-electron chi connectivity index (χ2n) is 4.75. The molecule has 20 heavy (non-hydrogen) atoms. The van der Waals surface area contributed by atoms with Crippen LogP contribution < -0.4 is 0 Å². The van der Waals surface area contributed by atoms with Crippen molar-refractivity contribution in [2.24, 2.45) is 0 Å². The van der Waals surface area contributed by atoms with Gasteiger partial charge in [0, 0.05) is 17.9 Å². The Bertz CT molecular complexity index is 659. The Morgan fingerprint density at radius 1 is 1.25 bits per heavy atom. The zero-order valence-corrected chi connectivity index (χ0v) is 11.7. The van der Waals surface area contributed by atoms with E-state index >= 15 is 0 Å². The molecule has 1 heterocycles. The lowest BCUT2D eigenvalue weighted by Crippen LogP contribution is -2.01. The Labute approximate surface area is 118 Å². The fourth-order valence-electron chi connectivity index (χ4n) is 2.10. The summed E-state index contributed by atoms with van der Waals surface area (Å²) in [7, 11) is 0. The van der Waals surface area contributed by atoms with E-state index in [0.29, 0.717) is 12.8 Å². The zero-order chi connectivity index (χ0) is 14.5. The van der Waals surface area contributed by atoms with Gasteiger partial charge in [0.2, 0.25) is 5.82 Å². The Morgan fingerprint density at radius 3 is 2.75 bits per heavy atom. The van der Waals surface area contributed by atoms with Crippen LogP contribution in [0.1, 0.15) is 29.1 Å². The van der Waals surface area contributed by atoms with Gasteiger partial charge < -0.3 is 5.11 Å². The van der Waals surface area contributed by atoms with E-state index in [1.54, 1.807) is 0 Å². The fourth-order valence-corrected chi connectivity index (χ4v) is 2.10. The average molecular weight is 267 g/mol. The first kappa shape index (κ1) is 14.2. The lowest BCUT2D eigenvalue weighted by Gasteiger charge is -2.09. The minimum absolute atomic E-state index is 0.116. The van der Waals surface area contributed by atoms with Gasteiger partial charge in [0.05, 0.1) is 5.69 Å². The predicted molar refractivity (Wildman–Crippen MR) is 77.1 cm³/mol. The van der Waals surface area contributed by atoms with Gasteiger partial charge in [-0.1, -0.05) is 18.2 Å². The molecule has 0 aliphatic rings. The van der Waals surface area contributed by atoms with Crippen LogP contribution >= 0.6 is 0 Å². The highest BCUT2D eigenvalue weighted by Gasteiger charge is 2.09. The van der Waals surface area contributed by atoms with Gasteiger partial charge in [-0.25, -0.2) is 9.97 Å². The Hall–Kier alpha value is -2.25. The molecule has 0 aliphatic carbocycles. The summed E-state index contributed by atoms with van der Waals surface area (Å²) in [6, 6.07) is 9.94. The summed E-state index contributed by atoms with van der Waals surface area (Å²) in [6.07, 6.45) is 1.28. The second-order valence-corrected chi connectivity index (χ2v) is 4.75. The summed E-state index contributed by atoms with van der Waals surface area (Å²) in [4.78, 5) is 8.48. The van der Waals surface area contributed by atoms with E-state index < -0.39 is 0 Å². The van der Waals surface area contributed by atoms with Crippen LogP contribution in [0.3, 0.4) is 0 Å². The molecule has 0 saturated carbocycles. The quantitative estimate of drug-likeness (QED) is 0.924. The van der Waals surface area contributed by atoms with Crippen LogP contribution in [0.25, 0.3) is 11.3 Å². The highest BCUT2D eigenvalue weighted by Crippen LogP contribution is 2.24. The Balaban J connectivity index is 2.50. The lowest BCUT2D eigenvalue weighted by atomic mass is 10.00. The lowest BCUT2D eigenvalue weighted by molar-refractivity contribution is 0.288. The number of aromatic nitrogens is 2. The maximum absolute atomic E-state index is 9.06. The number of aliphatic hydroxyl groups excluding tert-OH is 1. The van der Waals surface area contributed by atoms with E-state index in [9.17, 15) is 0 Å². The molecule has 0 unspecified atom stereocenters. The van der Waals surface area contributed by atoms with Crippen molar-refractivity contribution < 1.29 is 5.11 Å². The third kappa shape index (κ3) is 3.01. The number of benzene rings is 1. The van der Waals surface area contributed by atoms with E-state index in [1.165, 1.54) is 5.56 Å². The van der Waals surface area contributed by atoms with Crippen molar-refractivity contribution >= 4 is 0 Å². The third-order valence-corrected chi connectivity index (χ3v) is 3.35. The van der Waals surface area contributed by atoms with Crippen LogP contribution in [0.5, 0.6) is 0 Å². The van der Waals surface area contributed by atoms with Crippen LogP contribution in [-0.4, -0.2) is 21.7 Å². The van der Waals surface area contributed by atoms with Crippen molar-refractivity contribution in [3.8, 4) is 17.3 Å². The molecule has 1 N–H and O–H groups in total. The number of nitriles is 1. The molecule has 102 valence electrons. The molecule has 0 bridgehead atoms. The van der Waals surface area contributed by atoms with Crippen LogP contribution in [-0.2, 0) is 6.42 Å². The zero-order valence-electron chi connectivity index (χ0n) is 11.7. The largest absolute Gasteiger partial charge is 0.396 e. The first-order valence-corrected chi connectivity index (χ1v) is 6.61. The second kappa shape index (κ2) is 6.27. The summed E-state index contributed by atoms with van der Waals surface area (Å²) in [5.41, 5.74) is 4.93. The van der Waals surface area contributed by atoms with E-state index in [4.69, 9.17) is 10.4 Å². The van der Waals surface area contributed by atoms with Gasteiger partial charge >= 0.3 is 0 Å². The molecule has 4 heteroatoms. The number of rotatable bonds is 4. The highest BCUT2D eigenvalue weighted by molar-refractivity contribution is 5.65. The topological polar surface area (TPSA) is 69.8 Å². The standard InChI is InChI=1S/C16H17N3O/c1-11-5-3-7-14(12(11)2)15-9-13(6-4-8-20)18-16(10-17)19-15/h3,5,7,9,20H,4,6,8H2,1-2H3. The molecule has 0 saturated heterocycles. The SMILES string of the molecule is Cc1cccc(-c2cc(CCCO)nc(C#N)n2)c1C. The van der Waals surface area contributed by atoms with Gasteiger partial charge in [-0.15, -0.1) is 0 Å². The van der Waals surface area contributed by atoms with Crippen LogP contribution in [0.2, 0.25) is 0 Å². The molecule has 2 aromatic rings. The summed E-state index contributed by atoms with van der Waals surface area (Å²) in [5.74, 6) is 0.177. The van der Waals surface area contributed by atoms with Crippen molar-refractivity contribution in [1.29, 1.82) is 5.26 Å². The van der Waals surface area contributed by atoms with E-state index in [0.717, 1.165) is 22.5 Å². The summed E-state index contributed by atoms with van der Waals surface area (Å²) in [6.45, 7) is 4.22. The molecule has 0 amide bonds. The van der Waals surface area contributed by atoms with E-state index in [2.05, 4.69) is 23.0 Å². The first-order valence-electron chi connectivity index (χ1n) is 6.61. The maximum Gasteiger partial charge on any atom is 0.232 e. The molecule has 1 aromatic heterocycles. The monoisotopic (exact) mass is 267 g/mol. The predicted octanol–water partition coefficient (Wildman–Crippen LogP) is 2.56. The molecule has 0 radical (unpaired) electrons. The normalized spacial score (nSPS) is 10.3. The number of hydrogen-bond donors (Lipinski definition) is 1. The molecule has 0 spiro atoms. The van der Waals surface area contributed by atoms with Crippen LogP contribution in [0.15, 0.2) is 24.3 Å². The third-order valence-electron chi connectivity index (χ3n) is 3.35. The van der Waals surface area contributed by atoms with Gasteiger partial charge in [0.15, 0.2) is 0 Å². The number of hydrogen-bond acceptors (Lipinski definition) is 4. The Morgan fingerprint density at radius 2 is 2.05 bits per heavy atom. The summed E-state index contributed by atoms with van der Waals surface area (Å²) < 4.78 is 0. The maximum atomic E-state index is 9.06. The summed E-state index contributed by atoms with van der Waals surface area (Å²) >= 11 is 0. The van der Waals surface area contributed by atoms with Crippen molar-refractivity contribution in [3.05, 3.63) is 46.9 Å². The summed E-state index contributed by atoms with van der Waals surface area (Å²) in [5, 5.41) is 18.0. The number of aryl methyl sites for hydroxylation is 2. The van der Waals surface area contributed by atoms with E-state index in [1.807, 2.05) is 31.2 Å². The van der Waals surface area contributed by atoms with Crippen molar-refractivity contribution in [2.75, 3.05) is 6.61 Å². The number of aliphatic hydroxyl groups is 1. The molecular weight excluding hydrogens is 250 g/mol. The molecule has 4 nitrogen and oxygen atoms in total. The number of nitrogens with zero attached hydrogens (tertiary/aromatic N) is 3. The molecular formula is C16H17N3O. The van der Waals surface area contributed by atoms with Crippen LogP contribution in [0, 0.1) is 25.2 Å². The van der Waals surface area contributed by atoms with E-state index in [-0.39, 0.29) is 12.4 Å². The first-order chi connectivity index (χ1) is 9.65. The van der Waals surface area contributed by atoms with Gasteiger partial charge in [0.25, 0.3) is 0 Å². The van der Waals surface area contributed by atoms with Gasteiger partial charge in [-0.05, 0) is 43.9 Å². The fraction of sp³-hybridized carbons (Fsp3) is 0.312. The van der Waals surface area contributed by atoms with Crippen molar-refractivity contribution in [3.63, 3.8) is 0 Å².